The first-order valence-electron chi connectivity index (χ1n) is 16.4. The van der Waals surface area contributed by atoms with Gasteiger partial charge < -0.3 is 24.4 Å². The molecular weight excluding hydrogens is 650 g/mol. The number of nitrogens with zero attached hydrogens (tertiary/aromatic N) is 5. The SMILES string of the molecule is Cc1ccc(C(c2ccn3c(C)nnc3c2C)C(C)(C)C(=O)O)cc1CN1CC2(CCOCC2)Oc2nc(OCCCO)ccc2S1(=O)=O. The number of aryl methyl sites for hydroxylation is 3. The van der Waals surface area contributed by atoms with Crippen LogP contribution in [0.15, 0.2) is 47.5 Å². The second-order valence-electron chi connectivity index (χ2n) is 13.5. The van der Waals surface area contributed by atoms with Gasteiger partial charge in [-0.05, 0) is 74.6 Å². The van der Waals surface area contributed by atoms with Crippen molar-refractivity contribution in [3.63, 3.8) is 0 Å². The fraction of sp³-hybridized carbons (Fsp3) is 0.486. The Morgan fingerprint density at radius 1 is 1.10 bits per heavy atom. The quantitative estimate of drug-likeness (QED) is 0.229. The van der Waals surface area contributed by atoms with E-state index in [1.54, 1.807) is 13.8 Å². The Morgan fingerprint density at radius 3 is 2.57 bits per heavy atom. The lowest BCUT2D eigenvalue weighted by atomic mass is 9.70. The van der Waals surface area contributed by atoms with Gasteiger partial charge in [0.15, 0.2) is 5.65 Å². The third-order valence-corrected chi connectivity index (χ3v) is 11.6. The minimum atomic E-state index is -4.11. The number of carboxylic acids is 1. The molecule has 14 heteroatoms. The van der Waals surface area contributed by atoms with Gasteiger partial charge in [0.2, 0.25) is 21.8 Å². The predicted octanol–water partition coefficient (Wildman–Crippen LogP) is 4.19. The summed E-state index contributed by atoms with van der Waals surface area (Å²) in [5.74, 6) is -0.637. The molecule has 0 aliphatic carbocycles. The number of ether oxygens (including phenoxy) is 3. The van der Waals surface area contributed by atoms with E-state index in [4.69, 9.17) is 19.3 Å². The van der Waals surface area contributed by atoms with E-state index in [2.05, 4.69) is 15.2 Å². The van der Waals surface area contributed by atoms with Crippen LogP contribution in [0.25, 0.3) is 5.65 Å². The summed E-state index contributed by atoms with van der Waals surface area (Å²) in [4.78, 5) is 17.2. The molecule has 1 unspecified atom stereocenters. The fourth-order valence-electron chi connectivity index (χ4n) is 6.79. The number of carbonyl (C=O) groups is 1. The van der Waals surface area contributed by atoms with Crippen molar-refractivity contribution >= 4 is 21.6 Å². The first-order chi connectivity index (χ1) is 23.3. The summed E-state index contributed by atoms with van der Waals surface area (Å²) in [5, 5.41) is 28.2. The van der Waals surface area contributed by atoms with Crippen LogP contribution < -0.4 is 9.47 Å². The predicted molar refractivity (Wildman–Crippen MR) is 179 cm³/mol. The lowest BCUT2D eigenvalue weighted by molar-refractivity contribution is -0.147. The zero-order chi connectivity index (χ0) is 35.1. The molecule has 2 N–H and O–H groups in total. The molecule has 1 fully saturated rings. The Bertz CT molecular complexity index is 1990. The Balaban J connectivity index is 1.43. The van der Waals surface area contributed by atoms with Crippen LogP contribution >= 0.6 is 0 Å². The van der Waals surface area contributed by atoms with Crippen LogP contribution in [0.4, 0.5) is 0 Å². The van der Waals surface area contributed by atoms with Crippen LogP contribution in [0.5, 0.6) is 11.8 Å². The van der Waals surface area contributed by atoms with Crippen molar-refractivity contribution in [1.29, 1.82) is 0 Å². The molecule has 1 atom stereocenters. The molecule has 5 heterocycles. The topological polar surface area (TPSA) is 166 Å². The first kappa shape index (κ1) is 34.7. The number of benzene rings is 1. The summed E-state index contributed by atoms with van der Waals surface area (Å²) in [6.07, 6.45) is 3.20. The zero-order valence-electron chi connectivity index (χ0n) is 28.5. The molecule has 1 aromatic carbocycles. The molecule has 0 bridgehead atoms. The maximum atomic E-state index is 14.4. The largest absolute Gasteiger partial charge is 0.481 e. The lowest BCUT2D eigenvalue weighted by Crippen LogP contribution is -2.50. The van der Waals surface area contributed by atoms with Crippen LogP contribution in [0.2, 0.25) is 0 Å². The van der Waals surface area contributed by atoms with Gasteiger partial charge in [0.1, 0.15) is 16.3 Å². The van der Waals surface area contributed by atoms with Crippen molar-refractivity contribution in [1.82, 2.24) is 23.9 Å². The average Bonchev–Trinajstić information content (AvgIpc) is 3.41. The summed E-state index contributed by atoms with van der Waals surface area (Å²) in [5.41, 5.74) is 2.51. The number of aliphatic hydroxyl groups is 1. The third-order valence-electron chi connectivity index (χ3n) is 9.83. The van der Waals surface area contributed by atoms with Gasteiger partial charge in [-0.15, -0.1) is 10.2 Å². The normalized spacial score (nSPS) is 18.1. The molecule has 49 heavy (non-hydrogen) atoms. The number of pyridine rings is 2. The van der Waals surface area contributed by atoms with Gasteiger partial charge in [0, 0.05) is 50.6 Å². The van der Waals surface area contributed by atoms with Gasteiger partial charge in [0.05, 0.1) is 31.8 Å². The van der Waals surface area contributed by atoms with E-state index < -0.39 is 32.9 Å². The number of aliphatic carboxylic acids is 1. The molecule has 1 saturated heterocycles. The van der Waals surface area contributed by atoms with Crippen molar-refractivity contribution in [2.24, 2.45) is 5.41 Å². The van der Waals surface area contributed by atoms with Crippen LogP contribution in [0.3, 0.4) is 0 Å². The maximum absolute atomic E-state index is 14.4. The summed E-state index contributed by atoms with van der Waals surface area (Å²) < 4.78 is 49.9. The monoisotopic (exact) mass is 693 g/mol. The molecule has 0 saturated carbocycles. The van der Waals surface area contributed by atoms with Gasteiger partial charge >= 0.3 is 5.97 Å². The van der Waals surface area contributed by atoms with Gasteiger partial charge in [-0.2, -0.15) is 9.29 Å². The summed E-state index contributed by atoms with van der Waals surface area (Å²) in [7, 11) is -4.11. The Morgan fingerprint density at radius 2 is 1.86 bits per heavy atom. The van der Waals surface area contributed by atoms with Gasteiger partial charge in [-0.3, -0.25) is 9.20 Å². The molecule has 1 spiro atoms. The molecule has 3 aromatic heterocycles. The number of fused-ring (bicyclic) bond motifs is 2. The highest BCUT2D eigenvalue weighted by molar-refractivity contribution is 7.89. The molecule has 2 aliphatic heterocycles. The molecule has 2 aliphatic rings. The number of aromatic nitrogens is 4. The molecule has 262 valence electrons. The number of sulfonamides is 1. The minimum Gasteiger partial charge on any atom is -0.481 e. The van der Waals surface area contributed by atoms with E-state index in [9.17, 15) is 18.3 Å². The zero-order valence-corrected chi connectivity index (χ0v) is 29.3. The van der Waals surface area contributed by atoms with E-state index in [0.717, 1.165) is 33.6 Å². The first-order valence-corrected chi connectivity index (χ1v) is 17.9. The minimum absolute atomic E-state index is 0.0192. The molecule has 4 aromatic rings. The molecule has 6 rings (SSSR count). The van der Waals surface area contributed by atoms with Gasteiger partial charge in [-0.1, -0.05) is 18.2 Å². The fourth-order valence-corrected chi connectivity index (χ4v) is 8.33. The number of carboxylic acid groups (broad SMARTS) is 1. The van der Waals surface area contributed by atoms with E-state index in [1.807, 2.05) is 55.6 Å². The van der Waals surface area contributed by atoms with E-state index >= 15 is 0 Å². The average molecular weight is 694 g/mol. The number of hydrogen-bond donors (Lipinski definition) is 2. The van der Waals surface area contributed by atoms with Crippen LogP contribution in [-0.2, 0) is 26.1 Å². The highest BCUT2D eigenvalue weighted by Gasteiger charge is 2.46. The second-order valence-corrected chi connectivity index (χ2v) is 15.4. The highest BCUT2D eigenvalue weighted by atomic mass is 32.2. The van der Waals surface area contributed by atoms with Crippen molar-refractivity contribution in [3.05, 3.63) is 76.2 Å². The number of rotatable bonds is 10. The van der Waals surface area contributed by atoms with Crippen molar-refractivity contribution in [3.8, 4) is 11.8 Å². The van der Waals surface area contributed by atoms with E-state index in [1.165, 1.54) is 16.4 Å². The maximum Gasteiger partial charge on any atom is 0.310 e. The second kappa shape index (κ2) is 13.3. The van der Waals surface area contributed by atoms with Crippen molar-refractivity contribution < 1.29 is 37.6 Å². The van der Waals surface area contributed by atoms with Crippen LogP contribution in [-0.4, -0.2) is 87.1 Å². The molecule has 0 amide bonds. The lowest BCUT2D eigenvalue weighted by Gasteiger charge is -2.38. The number of aliphatic hydroxyl groups excluding tert-OH is 1. The smallest absolute Gasteiger partial charge is 0.310 e. The Labute approximate surface area is 285 Å². The summed E-state index contributed by atoms with van der Waals surface area (Å²) in [6.45, 7) is 10.2. The summed E-state index contributed by atoms with van der Waals surface area (Å²) >= 11 is 0. The molecule has 13 nitrogen and oxygen atoms in total. The number of hydrogen-bond acceptors (Lipinski definition) is 10. The highest BCUT2D eigenvalue weighted by Crippen LogP contribution is 2.44. The summed E-state index contributed by atoms with van der Waals surface area (Å²) in [6, 6.07) is 10.6. The Kier molecular flexibility index (Phi) is 9.44. The van der Waals surface area contributed by atoms with Crippen molar-refractivity contribution in [2.75, 3.05) is 33.0 Å². The standard InChI is InChI=1S/C35H43N5O8S/c1-22-7-8-25(30(34(4,5)33(42)43)27-11-14-40-24(3)37-38-31(40)23(27)2)19-26(22)20-39-21-35(12-17-46-18-13-35)48-32-28(49(39,44)45)9-10-29(36-32)47-16-6-15-41/h7-11,14,19,30,41H,6,12-13,15-18,20-21H2,1-5H3,(H,42,43). The molecule has 0 radical (unpaired) electrons. The third kappa shape index (κ3) is 6.50. The van der Waals surface area contributed by atoms with E-state index in [0.29, 0.717) is 38.1 Å². The van der Waals surface area contributed by atoms with Crippen LogP contribution in [0.1, 0.15) is 72.7 Å². The van der Waals surface area contributed by atoms with E-state index in [-0.39, 0.29) is 43.0 Å². The van der Waals surface area contributed by atoms with Gasteiger partial charge in [0.25, 0.3) is 0 Å². The van der Waals surface area contributed by atoms with Crippen molar-refractivity contribution in [2.45, 2.75) is 76.8 Å². The molecular formula is C35H43N5O8S. The Hall–Kier alpha value is -4.11. The van der Waals surface area contributed by atoms with Gasteiger partial charge in [-0.25, -0.2) is 8.42 Å². The van der Waals surface area contributed by atoms with Crippen LogP contribution in [0, 0.1) is 26.2 Å².